The molecule has 1 aliphatic heterocycles. The lowest BCUT2D eigenvalue weighted by Crippen LogP contribution is -2.42. The molecular formula is C17H28N4O. The summed E-state index contributed by atoms with van der Waals surface area (Å²) in [7, 11) is 0. The van der Waals surface area contributed by atoms with E-state index >= 15 is 0 Å². The first-order valence-corrected chi connectivity index (χ1v) is 8.70. The Hall–Kier alpha value is -1.39. The maximum absolute atomic E-state index is 12.9. The van der Waals surface area contributed by atoms with Gasteiger partial charge in [-0.3, -0.25) is 4.79 Å². The molecule has 1 saturated heterocycles. The van der Waals surface area contributed by atoms with Crippen LogP contribution >= 0.6 is 0 Å². The molecule has 3 rings (SSSR count). The fourth-order valence-corrected chi connectivity index (χ4v) is 4.03. The number of likely N-dealkylation sites (tertiary alicyclic amines) is 1. The van der Waals surface area contributed by atoms with Gasteiger partial charge >= 0.3 is 0 Å². The zero-order valence-corrected chi connectivity index (χ0v) is 14.1. The quantitative estimate of drug-likeness (QED) is 0.862. The van der Waals surface area contributed by atoms with Crippen LogP contribution in [-0.4, -0.2) is 38.7 Å². The summed E-state index contributed by atoms with van der Waals surface area (Å²) >= 11 is 0. The van der Waals surface area contributed by atoms with Crippen molar-refractivity contribution in [1.82, 2.24) is 19.7 Å². The van der Waals surface area contributed by atoms with E-state index in [4.69, 9.17) is 0 Å². The normalized spacial score (nSPS) is 24.9. The maximum atomic E-state index is 12.9. The van der Waals surface area contributed by atoms with E-state index in [1.807, 2.05) is 6.33 Å². The van der Waals surface area contributed by atoms with Gasteiger partial charge in [-0.1, -0.05) is 40.0 Å². The number of hydrogen-bond donors (Lipinski definition) is 0. The van der Waals surface area contributed by atoms with Gasteiger partial charge in [-0.05, 0) is 19.3 Å². The number of aromatic nitrogens is 3. The van der Waals surface area contributed by atoms with Gasteiger partial charge in [-0.2, -0.15) is 0 Å². The summed E-state index contributed by atoms with van der Waals surface area (Å²) in [5, 5.41) is 8.31. The van der Waals surface area contributed by atoms with E-state index in [1.54, 1.807) is 0 Å². The van der Waals surface area contributed by atoms with E-state index < -0.39 is 0 Å². The van der Waals surface area contributed by atoms with Gasteiger partial charge in [-0.15, -0.1) is 10.2 Å². The third-order valence-electron chi connectivity index (χ3n) is 5.43. The first kappa shape index (κ1) is 15.5. The Morgan fingerprint density at radius 2 is 2.05 bits per heavy atom. The third-order valence-corrected chi connectivity index (χ3v) is 5.43. The third kappa shape index (κ3) is 2.77. The summed E-state index contributed by atoms with van der Waals surface area (Å²) in [5.41, 5.74) is -0.124. The molecule has 1 atom stereocenters. The molecule has 1 aromatic heterocycles. The van der Waals surface area contributed by atoms with Gasteiger partial charge in [-0.25, -0.2) is 0 Å². The highest BCUT2D eigenvalue weighted by atomic mass is 16.2. The molecule has 0 N–H and O–H groups in total. The molecule has 1 aromatic rings. The van der Waals surface area contributed by atoms with Crippen LogP contribution in [0.5, 0.6) is 0 Å². The van der Waals surface area contributed by atoms with Crippen molar-refractivity contribution in [3.63, 3.8) is 0 Å². The summed E-state index contributed by atoms with van der Waals surface area (Å²) in [6, 6.07) is 0.337. The molecule has 0 aromatic carbocycles. The van der Waals surface area contributed by atoms with Gasteiger partial charge < -0.3 is 9.47 Å². The number of carbonyl (C=O) groups is 1. The van der Waals surface area contributed by atoms with Gasteiger partial charge in [0, 0.05) is 24.4 Å². The van der Waals surface area contributed by atoms with Crippen LogP contribution in [0.3, 0.4) is 0 Å². The monoisotopic (exact) mass is 304 g/mol. The van der Waals surface area contributed by atoms with Crippen LogP contribution in [0.4, 0.5) is 0 Å². The average molecular weight is 304 g/mol. The largest absolute Gasteiger partial charge is 0.340 e. The number of carbonyl (C=O) groups excluding carboxylic acids is 1. The second-order valence-electron chi connectivity index (χ2n) is 7.57. The zero-order valence-electron chi connectivity index (χ0n) is 14.1. The summed E-state index contributed by atoms with van der Waals surface area (Å²) < 4.78 is 2.18. The van der Waals surface area contributed by atoms with E-state index in [1.165, 1.54) is 19.3 Å². The van der Waals surface area contributed by atoms with Gasteiger partial charge in [0.2, 0.25) is 5.91 Å². The Balaban J connectivity index is 1.69. The minimum Gasteiger partial charge on any atom is -0.340 e. The Morgan fingerprint density at radius 3 is 2.73 bits per heavy atom. The van der Waals surface area contributed by atoms with E-state index in [2.05, 4.69) is 40.4 Å². The van der Waals surface area contributed by atoms with Crippen LogP contribution in [0.1, 0.15) is 77.1 Å². The molecule has 0 bridgehead atoms. The average Bonchev–Trinajstić information content (AvgIpc) is 3.16. The smallest absolute Gasteiger partial charge is 0.228 e. The highest BCUT2D eigenvalue weighted by Gasteiger charge is 2.40. The van der Waals surface area contributed by atoms with E-state index in [0.29, 0.717) is 17.9 Å². The molecule has 2 fully saturated rings. The lowest BCUT2D eigenvalue weighted by Gasteiger charge is -2.35. The summed E-state index contributed by atoms with van der Waals surface area (Å²) in [5.74, 6) is 1.76. The summed E-state index contributed by atoms with van der Waals surface area (Å²) in [4.78, 5) is 15.0. The first-order valence-electron chi connectivity index (χ1n) is 8.70. The lowest BCUT2D eigenvalue weighted by molar-refractivity contribution is -0.142. The van der Waals surface area contributed by atoms with E-state index in [0.717, 1.165) is 38.2 Å². The number of hydrogen-bond acceptors (Lipinski definition) is 3. The zero-order chi connectivity index (χ0) is 15.7. The molecular weight excluding hydrogens is 276 g/mol. The van der Waals surface area contributed by atoms with Crippen molar-refractivity contribution >= 4 is 5.91 Å². The van der Waals surface area contributed by atoms with Gasteiger partial charge in [0.25, 0.3) is 0 Å². The number of rotatable bonds is 3. The molecule has 2 aliphatic rings. The highest BCUT2D eigenvalue weighted by Crippen LogP contribution is 2.39. The molecule has 1 unspecified atom stereocenters. The molecule has 1 saturated carbocycles. The van der Waals surface area contributed by atoms with Crippen LogP contribution in [0.25, 0.3) is 0 Å². The van der Waals surface area contributed by atoms with Crippen LogP contribution in [0.15, 0.2) is 6.33 Å². The maximum Gasteiger partial charge on any atom is 0.228 e. The van der Waals surface area contributed by atoms with Gasteiger partial charge in [0.15, 0.2) is 0 Å². The summed E-state index contributed by atoms with van der Waals surface area (Å²) in [6.07, 6.45) is 8.62. The van der Waals surface area contributed by atoms with Crippen molar-refractivity contribution in [1.29, 1.82) is 0 Å². The Bertz CT molecular complexity index is 531. The van der Waals surface area contributed by atoms with Crippen LogP contribution < -0.4 is 0 Å². The van der Waals surface area contributed by atoms with E-state index in [9.17, 15) is 4.79 Å². The van der Waals surface area contributed by atoms with Crippen LogP contribution in [0, 0.1) is 5.41 Å². The fourth-order valence-electron chi connectivity index (χ4n) is 4.03. The molecule has 1 aliphatic carbocycles. The van der Waals surface area contributed by atoms with Crippen LogP contribution in [-0.2, 0) is 4.79 Å². The number of nitrogens with zero attached hydrogens (tertiary/aromatic N) is 4. The van der Waals surface area contributed by atoms with Crippen LogP contribution in [0.2, 0.25) is 0 Å². The van der Waals surface area contributed by atoms with Crippen molar-refractivity contribution < 1.29 is 4.79 Å². The van der Waals surface area contributed by atoms with Crippen molar-refractivity contribution in [2.45, 2.75) is 71.3 Å². The first-order chi connectivity index (χ1) is 10.5. The molecule has 0 spiro atoms. The predicted molar refractivity (Wildman–Crippen MR) is 85.5 cm³/mol. The lowest BCUT2D eigenvalue weighted by atomic mass is 9.75. The number of amides is 1. The molecule has 5 nitrogen and oxygen atoms in total. The second kappa shape index (κ2) is 6.01. The minimum atomic E-state index is -0.124. The van der Waals surface area contributed by atoms with Gasteiger partial charge in [0.05, 0.1) is 6.04 Å². The highest BCUT2D eigenvalue weighted by molar-refractivity contribution is 5.82. The standard InChI is InChI=1S/C17H28N4O/c1-13(2)15-19-18-12-21(15)14-7-10-20(11-14)16(22)17(3)8-5-4-6-9-17/h12-14H,4-11H2,1-3H3. The predicted octanol–water partition coefficient (Wildman–Crippen LogP) is 3.15. The molecule has 22 heavy (non-hydrogen) atoms. The topological polar surface area (TPSA) is 51.0 Å². The van der Waals surface area contributed by atoms with Crippen molar-refractivity contribution in [2.24, 2.45) is 5.41 Å². The SMILES string of the molecule is CC(C)c1nncn1C1CCN(C(=O)C2(C)CCCCC2)C1. The van der Waals surface area contributed by atoms with Crippen molar-refractivity contribution in [2.75, 3.05) is 13.1 Å². The summed E-state index contributed by atoms with van der Waals surface area (Å²) in [6.45, 7) is 8.13. The fraction of sp³-hybridized carbons (Fsp3) is 0.824. The molecule has 2 heterocycles. The van der Waals surface area contributed by atoms with Crippen molar-refractivity contribution in [3.8, 4) is 0 Å². The molecule has 122 valence electrons. The Labute approximate surface area is 133 Å². The van der Waals surface area contributed by atoms with Gasteiger partial charge in [0.1, 0.15) is 12.2 Å². The Kier molecular flexibility index (Phi) is 4.24. The molecule has 1 amide bonds. The Morgan fingerprint density at radius 1 is 1.32 bits per heavy atom. The van der Waals surface area contributed by atoms with Crippen molar-refractivity contribution in [3.05, 3.63) is 12.2 Å². The van der Waals surface area contributed by atoms with E-state index in [-0.39, 0.29) is 5.41 Å². The molecule has 0 radical (unpaired) electrons. The minimum absolute atomic E-state index is 0.124. The second-order valence-corrected chi connectivity index (χ2v) is 7.57. The molecule has 5 heteroatoms.